The Hall–Kier alpha value is -2.38. The number of para-hydroxylation sites is 1. The summed E-state index contributed by atoms with van der Waals surface area (Å²) in [4.78, 5) is 31.5. The molecule has 0 spiro atoms. The predicted octanol–water partition coefficient (Wildman–Crippen LogP) is 1.77. The predicted molar refractivity (Wildman–Crippen MR) is 102 cm³/mol. The van der Waals surface area contributed by atoms with Crippen LogP contribution in [-0.2, 0) is 11.3 Å². The molecule has 1 aliphatic rings. The van der Waals surface area contributed by atoms with Gasteiger partial charge in [-0.15, -0.1) is 12.4 Å². The monoisotopic (exact) mass is 376 g/mol. The van der Waals surface area contributed by atoms with E-state index in [9.17, 15) is 9.59 Å². The van der Waals surface area contributed by atoms with Crippen molar-refractivity contribution in [3.8, 4) is 0 Å². The molecule has 2 unspecified atom stereocenters. The molecule has 2 atom stereocenters. The first-order valence-corrected chi connectivity index (χ1v) is 8.46. The third kappa shape index (κ3) is 2.97. The minimum atomic E-state index is -0.328. The fourth-order valence-electron chi connectivity index (χ4n) is 3.37. The molecule has 1 fully saturated rings. The summed E-state index contributed by atoms with van der Waals surface area (Å²) in [6.45, 7) is 5.43. The van der Waals surface area contributed by atoms with Gasteiger partial charge >= 0.3 is 0 Å². The zero-order chi connectivity index (χ0) is 17.6. The molecule has 0 bridgehead atoms. The molecule has 26 heavy (non-hydrogen) atoms. The van der Waals surface area contributed by atoms with Crippen LogP contribution in [-0.4, -0.2) is 45.5 Å². The number of hydrogen-bond donors (Lipinski definition) is 1. The third-order valence-electron chi connectivity index (χ3n) is 5.01. The maximum atomic E-state index is 12.7. The zero-order valence-corrected chi connectivity index (χ0v) is 15.5. The van der Waals surface area contributed by atoms with Crippen LogP contribution in [0.4, 0.5) is 0 Å². The van der Waals surface area contributed by atoms with Gasteiger partial charge in [-0.05, 0) is 26.0 Å². The molecule has 0 saturated carbocycles. The van der Waals surface area contributed by atoms with Gasteiger partial charge < -0.3 is 14.6 Å². The van der Waals surface area contributed by atoms with E-state index in [2.05, 4.69) is 17.2 Å². The SMILES string of the molecule is CC1NCCN(C(=O)Cn2cnc3c(oc4ccccc43)c2=O)C1C.Cl. The van der Waals surface area contributed by atoms with Crippen molar-refractivity contribution < 1.29 is 9.21 Å². The van der Waals surface area contributed by atoms with E-state index in [1.807, 2.05) is 30.0 Å². The number of aromatic nitrogens is 2. The second kappa shape index (κ2) is 7.09. The van der Waals surface area contributed by atoms with Crippen LogP contribution in [0.3, 0.4) is 0 Å². The molecule has 3 heterocycles. The molecule has 1 N–H and O–H groups in total. The van der Waals surface area contributed by atoms with Gasteiger partial charge in [0.1, 0.15) is 17.6 Å². The molecular formula is C18H21ClN4O3. The van der Waals surface area contributed by atoms with Crippen LogP contribution in [0.15, 0.2) is 39.8 Å². The summed E-state index contributed by atoms with van der Waals surface area (Å²) in [5.41, 5.74) is 1.02. The van der Waals surface area contributed by atoms with Crippen molar-refractivity contribution in [3.63, 3.8) is 0 Å². The van der Waals surface area contributed by atoms with E-state index < -0.39 is 0 Å². The van der Waals surface area contributed by atoms with E-state index in [0.717, 1.165) is 11.9 Å². The Kier molecular flexibility index (Phi) is 5.02. The molecule has 7 nitrogen and oxygen atoms in total. The van der Waals surface area contributed by atoms with Crippen molar-refractivity contribution in [1.82, 2.24) is 19.8 Å². The average Bonchev–Trinajstić information content (AvgIpc) is 2.99. The maximum absolute atomic E-state index is 12.7. The fourth-order valence-corrected chi connectivity index (χ4v) is 3.37. The number of furan rings is 1. The maximum Gasteiger partial charge on any atom is 0.297 e. The third-order valence-corrected chi connectivity index (χ3v) is 5.01. The number of nitrogens with one attached hydrogen (secondary N) is 1. The molecule has 0 radical (unpaired) electrons. The largest absolute Gasteiger partial charge is 0.448 e. The molecule has 2 aromatic heterocycles. The molecule has 0 aliphatic carbocycles. The first kappa shape index (κ1) is 18.4. The summed E-state index contributed by atoms with van der Waals surface area (Å²) >= 11 is 0. The van der Waals surface area contributed by atoms with Crippen molar-refractivity contribution >= 4 is 40.4 Å². The lowest BCUT2D eigenvalue weighted by molar-refractivity contribution is -0.135. The molecule has 1 aromatic carbocycles. The Morgan fingerprint density at radius 1 is 1.35 bits per heavy atom. The molecule has 8 heteroatoms. The molecule has 1 saturated heterocycles. The minimum absolute atomic E-state index is 0. The van der Waals surface area contributed by atoms with Crippen molar-refractivity contribution in [1.29, 1.82) is 0 Å². The summed E-state index contributed by atoms with van der Waals surface area (Å²) in [5, 5.41) is 4.14. The fraction of sp³-hybridized carbons (Fsp3) is 0.389. The standard InChI is InChI=1S/C18H20N4O3.ClH/c1-11-12(2)22(8-7-19-11)15(23)9-21-10-20-16-13-5-3-4-6-14(13)25-17(16)18(21)24;/h3-6,10-12,19H,7-9H2,1-2H3;1H. The summed E-state index contributed by atoms with van der Waals surface area (Å²) < 4.78 is 6.98. The second-order valence-electron chi connectivity index (χ2n) is 6.52. The summed E-state index contributed by atoms with van der Waals surface area (Å²) in [6.07, 6.45) is 1.43. The van der Waals surface area contributed by atoms with Gasteiger partial charge in [0.05, 0.1) is 6.33 Å². The molecule has 138 valence electrons. The van der Waals surface area contributed by atoms with Crippen LogP contribution >= 0.6 is 12.4 Å². The van der Waals surface area contributed by atoms with E-state index >= 15 is 0 Å². The van der Waals surface area contributed by atoms with Crippen molar-refractivity contribution in [2.75, 3.05) is 13.1 Å². The molecule has 3 aromatic rings. The average molecular weight is 377 g/mol. The molecular weight excluding hydrogens is 356 g/mol. The van der Waals surface area contributed by atoms with E-state index in [4.69, 9.17) is 4.42 Å². The lowest BCUT2D eigenvalue weighted by Gasteiger charge is -2.38. The van der Waals surface area contributed by atoms with Gasteiger partial charge in [0.15, 0.2) is 0 Å². The zero-order valence-electron chi connectivity index (χ0n) is 14.6. The number of nitrogens with zero attached hydrogens (tertiary/aromatic N) is 3. The molecule has 1 aliphatic heterocycles. The summed E-state index contributed by atoms with van der Waals surface area (Å²) in [6, 6.07) is 7.70. The van der Waals surface area contributed by atoms with Crippen molar-refractivity contribution in [3.05, 3.63) is 40.9 Å². The number of carbonyl (C=O) groups is 1. The van der Waals surface area contributed by atoms with Gasteiger partial charge in [0.2, 0.25) is 11.5 Å². The van der Waals surface area contributed by atoms with Crippen molar-refractivity contribution in [2.45, 2.75) is 32.5 Å². The molecule has 1 amide bonds. The lowest BCUT2D eigenvalue weighted by atomic mass is 10.1. The first-order chi connectivity index (χ1) is 12.1. The summed E-state index contributed by atoms with van der Waals surface area (Å²) in [5.74, 6) is -0.0831. The van der Waals surface area contributed by atoms with Crippen molar-refractivity contribution in [2.24, 2.45) is 0 Å². The van der Waals surface area contributed by atoms with Crippen LogP contribution in [0, 0.1) is 0 Å². The number of piperazine rings is 1. The van der Waals surface area contributed by atoms with Crippen LogP contribution in [0.2, 0.25) is 0 Å². The van der Waals surface area contributed by atoms with E-state index in [-0.39, 0.29) is 48.1 Å². The highest BCUT2D eigenvalue weighted by atomic mass is 35.5. The smallest absolute Gasteiger partial charge is 0.297 e. The van der Waals surface area contributed by atoms with E-state index in [0.29, 0.717) is 17.6 Å². The Balaban J connectivity index is 0.00000196. The quantitative estimate of drug-likeness (QED) is 0.737. The molecule has 4 rings (SSSR count). The number of carbonyl (C=O) groups excluding carboxylic acids is 1. The van der Waals surface area contributed by atoms with Crippen LogP contribution in [0.25, 0.3) is 22.1 Å². The minimum Gasteiger partial charge on any atom is -0.448 e. The van der Waals surface area contributed by atoms with E-state index in [1.54, 1.807) is 6.07 Å². The lowest BCUT2D eigenvalue weighted by Crippen LogP contribution is -2.58. The van der Waals surface area contributed by atoms with Gasteiger partial charge in [-0.25, -0.2) is 4.98 Å². The van der Waals surface area contributed by atoms with Crippen LogP contribution in [0.1, 0.15) is 13.8 Å². The van der Waals surface area contributed by atoms with Crippen LogP contribution < -0.4 is 10.9 Å². The Morgan fingerprint density at radius 2 is 2.12 bits per heavy atom. The number of halogens is 1. The highest BCUT2D eigenvalue weighted by molar-refractivity contribution is 6.01. The van der Waals surface area contributed by atoms with Crippen LogP contribution in [0.5, 0.6) is 0 Å². The van der Waals surface area contributed by atoms with Gasteiger partial charge in [-0.2, -0.15) is 0 Å². The highest BCUT2D eigenvalue weighted by Crippen LogP contribution is 2.24. The number of benzene rings is 1. The van der Waals surface area contributed by atoms with Gasteiger partial charge in [-0.1, -0.05) is 12.1 Å². The Morgan fingerprint density at radius 3 is 2.92 bits per heavy atom. The van der Waals surface area contributed by atoms with E-state index in [1.165, 1.54) is 10.9 Å². The number of fused-ring (bicyclic) bond motifs is 3. The number of amides is 1. The normalized spacial score (nSPS) is 20.3. The highest BCUT2D eigenvalue weighted by Gasteiger charge is 2.28. The number of hydrogen-bond acceptors (Lipinski definition) is 5. The second-order valence-corrected chi connectivity index (χ2v) is 6.52. The Bertz CT molecular complexity index is 1010. The van der Waals surface area contributed by atoms with Gasteiger partial charge in [0.25, 0.3) is 5.56 Å². The van der Waals surface area contributed by atoms with Gasteiger partial charge in [-0.3, -0.25) is 14.2 Å². The Labute approximate surface area is 156 Å². The van der Waals surface area contributed by atoms with Gasteiger partial charge in [0, 0.05) is 30.6 Å². The first-order valence-electron chi connectivity index (χ1n) is 8.46. The topological polar surface area (TPSA) is 80.4 Å². The summed E-state index contributed by atoms with van der Waals surface area (Å²) in [7, 11) is 0. The number of rotatable bonds is 2.